The molecule has 2 aromatic rings. The van der Waals surface area contributed by atoms with E-state index in [-0.39, 0.29) is 41.5 Å². The summed E-state index contributed by atoms with van der Waals surface area (Å²) in [6.07, 6.45) is 1.52. The smallest absolute Gasteiger partial charge is 0.253 e. The van der Waals surface area contributed by atoms with Crippen LogP contribution in [0.15, 0.2) is 47.4 Å². The largest absolute Gasteiger partial charge is 0.508 e. The molecule has 2 aromatic carbocycles. The molecule has 15 heteroatoms. The molecule has 0 saturated carbocycles. The van der Waals surface area contributed by atoms with Crippen LogP contribution >= 0.6 is 0 Å². The normalized spacial score (nSPS) is 13.5. The first kappa shape index (κ1) is 40.1. The lowest BCUT2D eigenvalue weighted by Gasteiger charge is -2.30. The summed E-state index contributed by atoms with van der Waals surface area (Å²) in [4.78, 5) is 30.9. The van der Waals surface area contributed by atoms with Gasteiger partial charge in [-0.2, -0.15) is 0 Å². The summed E-state index contributed by atoms with van der Waals surface area (Å²) in [6.45, 7) is 10.3. The number of carbonyl (C=O) groups excluding carboxylic acids is 2. The third kappa shape index (κ3) is 13.5. The highest BCUT2D eigenvalue weighted by molar-refractivity contribution is 7.89. The van der Waals surface area contributed by atoms with Gasteiger partial charge in [0, 0.05) is 37.3 Å². The van der Waals surface area contributed by atoms with Crippen LogP contribution in [0.4, 0.5) is 0 Å². The topological polar surface area (TPSA) is 199 Å². The van der Waals surface area contributed by atoms with Gasteiger partial charge < -0.3 is 20.4 Å². The quantitative estimate of drug-likeness (QED) is 0.129. The number of phenolic OH excluding ortho intramolecular Hbond substituents is 1. The van der Waals surface area contributed by atoms with E-state index in [4.69, 9.17) is 5.14 Å². The molecule has 0 saturated heterocycles. The number of aromatic hydroxyl groups is 1. The van der Waals surface area contributed by atoms with E-state index < -0.39 is 48.9 Å². The lowest BCUT2D eigenvalue weighted by atomic mass is 9.99. The van der Waals surface area contributed by atoms with E-state index in [1.54, 1.807) is 30.9 Å². The molecule has 0 radical (unpaired) electrons. The molecule has 13 nitrogen and oxygen atoms in total. The van der Waals surface area contributed by atoms with Crippen LogP contribution in [0.25, 0.3) is 0 Å². The van der Waals surface area contributed by atoms with E-state index in [9.17, 15) is 36.6 Å². The number of aliphatic hydroxyl groups is 1. The summed E-state index contributed by atoms with van der Waals surface area (Å²) in [5.74, 6) is -1.45. The van der Waals surface area contributed by atoms with Crippen molar-refractivity contribution in [3.63, 3.8) is 0 Å². The fourth-order valence-corrected chi connectivity index (χ4v) is 7.12. The number of aliphatic hydroxyl groups excluding tert-OH is 1. The van der Waals surface area contributed by atoms with E-state index in [1.807, 2.05) is 20.8 Å². The van der Waals surface area contributed by atoms with Crippen molar-refractivity contribution in [2.75, 3.05) is 31.9 Å². The number of primary sulfonamides is 1. The van der Waals surface area contributed by atoms with Crippen LogP contribution in [0.5, 0.6) is 5.75 Å². The van der Waals surface area contributed by atoms with Gasteiger partial charge >= 0.3 is 0 Å². The number of nitrogens with one attached hydrogen (secondary N) is 2. The van der Waals surface area contributed by atoms with Gasteiger partial charge in [0.1, 0.15) is 5.75 Å². The number of hydrogen-bond acceptors (Lipinski definition) is 9. The Morgan fingerprint density at radius 1 is 0.894 bits per heavy atom. The van der Waals surface area contributed by atoms with Gasteiger partial charge in [-0.05, 0) is 67.5 Å². The van der Waals surface area contributed by atoms with Crippen LogP contribution < -0.4 is 15.3 Å². The number of hydrogen-bond donors (Lipinski definition) is 5. The molecule has 6 N–H and O–H groups in total. The van der Waals surface area contributed by atoms with Gasteiger partial charge in [0.2, 0.25) is 20.0 Å². The molecule has 0 heterocycles. The highest BCUT2D eigenvalue weighted by Gasteiger charge is 2.28. The second kappa shape index (κ2) is 18.5. The van der Waals surface area contributed by atoms with E-state index in [2.05, 4.69) is 10.1 Å². The maximum absolute atomic E-state index is 13.7. The van der Waals surface area contributed by atoms with Gasteiger partial charge in [-0.3, -0.25) is 9.59 Å². The lowest BCUT2D eigenvalue weighted by molar-refractivity contribution is 0.0614. The molecule has 0 aliphatic heterocycles. The average Bonchev–Trinajstić information content (AvgIpc) is 2.98. The highest BCUT2D eigenvalue weighted by Crippen LogP contribution is 2.19. The van der Waals surface area contributed by atoms with E-state index in [0.717, 1.165) is 18.6 Å². The molecule has 0 bridgehead atoms. The van der Waals surface area contributed by atoms with Crippen molar-refractivity contribution < 1.29 is 36.6 Å². The Morgan fingerprint density at radius 3 is 2.02 bits per heavy atom. The molecular formula is C32H51N5O8S2. The van der Waals surface area contributed by atoms with Crippen molar-refractivity contribution in [1.82, 2.24) is 20.1 Å². The van der Waals surface area contributed by atoms with E-state index in [1.165, 1.54) is 23.2 Å². The predicted octanol–water partition coefficient (Wildman–Crippen LogP) is 2.60. The second-order valence-electron chi connectivity index (χ2n) is 12.2. The van der Waals surface area contributed by atoms with Crippen molar-refractivity contribution in [2.24, 2.45) is 11.1 Å². The number of nitrogens with two attached hydrogens (primary N) is 1. The minimum absolute atomic E-state index is 0.0236. The number of phenols is 1. The highest BCUT2D eigenvalue weighted by atomic mass is 32.2. The molecule has 47 heavy (non-hydrogen) atoms. The number of hydrazine groups is 1. The van der Waals surface area contributed by atoms with E-state index >= 15 is 0 Å². The fourth-order valence-electron chi connectivity index (χ4n) is 5.03. The van der Waals surface area contributed by atoms with Gasteiger partial charge in [0.25, 0.3) is 11.8 Å². The summed E-state index contributed by atoms with van der Waals surface area (Å²) in [6, 6.07) is 8.67. The van der Waals surface area contributed by atoms with Crippen LogP contribution in [0.3, 0.4) is 0 Å². The third-order valence-corrected chi connectivity index (χ3v) is 9.74. The molecule has 0 aliphatic carbocycles. The van der Waals surface area contributed by atoms with Crippen molar-refractivity contribution >= 4 is 31.9 Å². The number of benzene rings is 2. The second-order valence-corrected chi connectivity index (χ2v) is 15.5. The molecular weight excluding hydrogens is 647 g/mol. The SMILES string of the molecule is CCCCN(CC(O)C(Cc1ccc(O)cc1)NC(=O)c1cc(C(=O)N(CCC)CCC)cc(S(N)(=O)=O)c1)NS(=O)(=O)CC(C)C. The van der Waals surface area contributed by atoms with Crippen molar-refractivity contribution in [1.29, 1.82) is 0 Å². The molecule has 2 atom stereocenters. The van der Waals surface area contributed by atoms with Crippen LogP contribution in [-0.2, 0) is 26.5 Å². The third-order valence-electron chi connectivity index (χ3n) is 7.20. The van der Waals surface area contributed by atoms with Crippen LogP contribution in [0.1, 0.15) is 86.6 Å². The maximum atomic E-state index is 13.7. The van der Waals surface area contributed by atoms with Gasteiger partial charge in [0.05, 0.1) is 22.8 Å². The summed E-state index contributed by atoms with van der Waals surface area (Å²) < 4.78 is 50.3. The Kier molecular flexibility index (Phi) is 15.7. The fraction of sp³-hybridized carbons (Fsp3) is 0.562. The number of carbonyl (C=O) groups is 2. The zero-order valence-corrected chi connectivity index (χ0v) is 29.6. The summed E-state index contributed by atoms with van der Waals surface area (Å²) in [5.41, 5.74) is 0.470. The first-order valence-corrected chi connectivity index (χ1v) is 19.2. The van der Waals surface area contributed by atoms with Gasteiger partial charge in [-0.15, -0.1) is 4.83 Å². The first-order valence-electron chi connectivity index (χ1n) is 16.0. The molecule has 2 amide bonds. The first-order chi connectivity index (χ1) is 22.0. The van der Waals surface area contributed by atoms with Gasteiger partial charge in [0.15, 0.2) is 0 Å². The van der Waals surface area contributed by atoms with Crippen LogP contribution in [-0.4, -0.2) is 92.8 Å². The van der Waals surface area contributed by atoms with Crippen molar-refractivity contribution in [2.45, 2.75) is 83.8 Å². The summed E-state index contributed by atoms with van der Waals surface area (Å²) >= 11 is 0. The Morgan fingerprint density at radius 2 is 1.49 bits per heavy atom. The molecule has 2 unspecified atom stereocenters. The number of amides is 2. The monoisotopic (exact) mass is 697 g/mol. The molecule has 2 rings (SSSR count). The predicted molar refractivity (Wildman–Crippen MR) is 182 cm³/mol. The molecule has 0 aliphatic rings. The van der Waals surface area contributed by atoms with Crippen molar-refractivity contribution in [3.05, 3.63) is 59.2 Å². The Labute approximate surface area is 279 Å². The minimum atomic E-state index is -4.31. The molecule has 0 fully saturated rings. The number of rotatable bonds is 20. The van der Waals surface area contributed by atoms with Crippen LogP contribution in [0.2, 0.25) is 0 Å². The maximum Gasteiger partial charge on any atom is 0.253 e. The Balaban J connectivity index is 2.50. The van der Waals surface area contributed by atoms with Gasteiger partial charge in [-0.1, -0.05) is 53.2 Å². The number of nitrogens with zero attached hydrogens (tertiary/aromatic N) is 2. The zero-order chi connectivity index (χ0) is 35.4. The molecule has 0 aromatic heterocycles. The molecule has 0 spiro atoms. The summed E-state index contributed by atoms with van der Waals surface area (Å²) in [7, 11) is -8.02. The lowest BCUT2D eigenvalue weighted by Crippen LogP contribution is -2.54. The van der Waals surface area contributed by atoms with Crippen LogP contribution in [0, 0.1) is 5.92 Å². The molecule has 264 valence electrons. The zero-order valence-electron chi connectivity index (χ0n) is 28.0. The number of sulfonamides is 2. The van der Waals surface area contributed by atoms with Gasteiger partial charge in [-0.25, -0.2) is 27.0 Å². The summed E-state index contributed by atoms with van der Waals surface area (Å²) in [5, 5.41) is 30.8. The average molecular weight is 698 g/mol. The Hall–Kier alpha value is -3.08. The standard InChI is InChI=1S/C32H51N5O8S2/c1-6-9-16-37(35-46(42,43)22-23(4)5)21-30(39)29(17-24-10-12-27(38)13-11-24)34-31(40)25-18-26(20-28(19-25)47(33,44)45)32(41)36(14-7-2)15-8-3/h10-13,18-20,23,29-30,35,38-39H,6-9,14-17,21-22H2,1-5H3,(H,34,40)(H2,33,44,45). The van der Waals surface area contributed by atoms with E-state index in [0.29, 0.717) is 44.5 Å². The number of unbranched alkanes of at least 4 members (excludes halogenated alkanes) is 1. The van der Waals surface area contributed by atoms with Crippen molar-refractivity contribution in [3.8, 4) is 5.75 Å². The Bertz CT molecular complexity index is 1530. The minimum Gasteiger partial charge on any atom is -0.508 e.